The molecule has 0 bridgehead atoms. The van der Waals surface area contributed by atoms with Gasteiger partial charge in [-0.15, -0.1) is 0 Å². The average Bonchev–Trinajstić information content (AvgIpc) is 3.13. The number of aromatic nitrogens is 1. The molecule has 0 fully saturated rings. The molecule has 4 heteroatoms. The molecule has 1 aromatic heterocycles. The van der Waals surface area contributed by atoms with Gasteiger partial charge in [0.2, 0.25) is 0 Å². The third-order valence-electron chi connectivity index (χ3n) is 5.33. The van der Waals surface area contributed by atoms with E-state index in [9.17, 15) is 0 Å². The first-order chi connectivity index (χ1) is 13.0. The van der Waals surface area contributed by atoms with Crippen LogP contribution >= 0.6 is 12.2 Å². The molecule has 4 rings (SSSR count). The third-order valence-corrected chi connectivity index (χ3v) is 5.66. The van der Waals surface area contributed by atoms with Gasteiger partial charge in [-0.25, -0.2) is 0 Å². The number of rotatable bonds is 2. The Labute approximate surface area is 166 Å². The predicted molar refractivity (Wildman–Crippen MR) is 116 cm³/mol. The van der Waals surface area contributed by atoms with Gasteiger partial charge in [0.15, 0.2) is 5.11 Å². The van der Waals surface area contributed by atoms with E-state index in [0.29, 0.717) is 0 Å². The molecule has 1 N–H and O–H groups in total. The molecule has 0 spiro atoms. The molecule has 138 valence electrons. The maximum Gasteiger partial charge on any atom is 0.174 e. The van der Waals surface area contributed by atoms with Crippen molar-refractivity contribution < 1.29 is 0 Å². The van der Waals surface area contributed by atoms with Crippen LogP contribution in [0.15, 0.2) is 60.8 Å². The van der Waals surface area contributed by atoms with Crippen LogP contribution in [0, 0.1) is 20.8 Å². The summed E-state index contributed by atoms with van der Waals surface area (Å²) in [5.74, 6) is 0. The number of anilines is 1. The van der Waals surface area contributed by atoms with Crippen LogP contribution in [-0.4, -0.2) is 21.1 Å². The number of fused-ring (bicyclic) bond motifs is 1. The summed E-state index contributed by atoms with van der Waals surface area (Å²) in [6, 6.07) is 19.7. The summed E-state index contributed by atoms with van der Waals surface area (Å²) in [5.41, 5.74) is 7.35. The zero-order valence-electron chi connectivity index (χ0n) is 16.1. The lowest BCUT2D eigenvalue weighted by molar-refractivity contribution is 0.293. The molecule has 0 aliphatic carbocycles. The van der Waals surface area contributed by atoms with Crippen molar-refractivity contribution in [3.05, 3.63) is 88.7 Å². The summed E-state index contributed by atoms with van der Waals surface area (Å²) < 4.78 is 2.33. The first-order valence-electron chi connectivity index (χ1n) is 9.39. The van der Waals surface area contributed by atoms with Crippen LogP contribution in [0.1, 0.15) is 34.0 Å². The van der Waals surface area contributed by atoms with Gasteiger partial charge >= 0.3 is 0 Å². The Bertz CT molecular complexity index is 972. The number of hydrogen-bond donors (Lipinski definition) is 1. The van der Waals surface area contributed by atoms with E-state index >= 15 is 0 Å². The number of aryl methyl sites for hydroxylation is 3. The first-order valence-corrected chi connectivity index (χ1v) is 9.80. The Hall–Kier alpha value is -2.59. The Morgan fingerprint density at radius 2 is 1.70 bits per heavy atom. The fraction of sp³-hybridized carbons (Fsp3) is 0.261. The predicted octanol–water partition coefficient (Wildman–Crippen LogP) is 5.22. The molecule has 2 aromatic carbocycles. The minimum absolute atomic E-state index is 0.125. The van der Waals surface area contributed by atoms with Gasteiger partial charge in [-0.3, -0.25) is 0 Å². The van der Waals surface area contributed by atoms with Crippen molar-refractivity contribution in [2.24, 2.45) is 0 Å². The van der Waals surface area contributed by atoms with E-state index in [1.807, 2.05) is 0 Å². The Morgan fingerprint density at radius 3 is 2.48 bits per heavy atom. The zero-order valence-corrected chi connectivity index (χ0v) is 16.9. The van der Waals surface area contributed by atoms with Gasteiger partial charge in [-0.2, -0.15) is 0 Å². The van der Waals surface area contributed by atoms with Gasteiger partial charge in [0.25, 0.3) is 0 Å². The summed E-state index contributed by atoms with van der Waals surface area (Å²) in [6.07, 6.45) is 2.16. The standard InChI is InChI=1S/C23H25N3S/c1-16-7-10-19(11-8-16)22-21-5-4-12-25(21)13-14-26(22)23(27)24-20-15-17(2)6-9-18(20)3/h4-12,15,22H,13-14H2,1-3H3,(H,24,27). The van der Waals surface area contributed by atoms with Crippen molar-refractivity contribution in [1.29, 1.82) is 0 Å². The molecule has 1 unspecified atom stereocenters. The van der Waals surface area contributed by atoms with Gasteiger partial charge in [-0.05, 0) is 67.9 Å². The molecule has 0 amide bonds. The molecule has 3 aromatic rings. The molecular weight excluding hydrogens is 350 g/mol. The van der Waals surface area contributed by atoms with E-state index in [2.05, 4.69) is 96.3 Å². The molecule has 27 heavy (non-hydrogen) atoms. The lowest BCUT2D eigenvalue weighted by atomic mass is 9.99. The van der Waals surface area contributed by atoms with Crippen molar-refractivity contribution in [3.63, 3.8) is 0 Å². The lowest BCUT2D eigenvalue weighted by Gasteiger charge is -2.39. The highest BCUT2D eigenvalue weighted by atomic mass is 32.1. The SMILES string of the molecule is Cc1ccc(C2c3cccn3CCN2C(=S)Nc2cc(C)ccc2C)cc1. The normalized spacial score (nSPS) is 16.1. The Morgan fingerprint density at radius 1 is 0.963 bits per heavy atom. The van der Waals surface area contributed by atoms with Crippen LogP contribution < -0.4 is 5.32 Å². The van der Waals surface area contributed by atoms with Crippen molar-refractivity contribution in [1.82, 2.24) is 9.47 Å². The molecule has 0 saturated carbocycles. The summed E-state index contributed by atoms with van der Waals surface area (Å²) >= 11 is 5.87. The molecular formula is C23H25N3S. The number of nitrogens with zero attached hydrogens (tertiary/aromatic N) is 2. The Balaban J connectivity index is 1.68. The third kappa shape index (κ3) is 3.50. The van der Waals surface area contributed by atoms with Crippen LogP contribution in [0.4, 0.5) is 5.69 Å². The minimum Gasteiger partial charge on any atom is -0.348 e. The maximum absolute atomic E-state index is 5.87. The molecule has 0 saturated heterocycles. The van der Waals surface area contributed by atoms with Crippen molar-refractivity contribution in [3.8, 4) is 0 Å². The smallest absolute Gasteiger partial charge is 0.174 e. The Kier molecular flexibility index (Phi) is 4.75. The van der Waals surface area contributed by atoms with Gasteiger partial charge < -0.3 is 14.8 Å². The second-order valence-corrected chi connectivity index (χ2v) is 7.77. The fourth-order valence-corrected chi connectivity index (χ4v) is 4.07. The van der Waals surface area contributed by atoms with Gasteiger partial charge in [0.05, 0.1) is 6.04 Å². The highest BCUT2D eigenvalue weighted by molar-refractivity contribution is 7.80. The topological polar surface area (TPSA) is 20.2 Å². The van der Waals surface area contributed by atoms with E-state index in [-0.39, 0.29) is 6.04 Å². The second kappa shape index (κ2) is 7.20. The van der Waals surface area contributed by atoms with Crippen LogP contribution in [0.3, 0.4) is 0 Å². The molecule has 2 heterocycles. The largest absolute Gasteiger partial charge is 0.348 e. The van der Waals surface area contributed by atoms with Crippen molar-refractivity contribution >= 4 is 23.0 Å². The summed E-state index contributed by atoms with van der Waals surface area (Å²) in [7, 11) is 0. The van der Waals surface area contributed by atoms with Gasteiger partial charge in [-0.1, -0.05) is 42.0 Å². The van der Waals surface area contributed by atoms with E-state index in [4.69, 9.17) is 12.2 Å². The first kappa shape index (κ1) is 17.8. The summed E-state index contributed by atoms with van der Waals surface area (Å²) in [5, 5.41) is 4.28. The quantitative estimate of drug-likeness (QED) is 0.621. The number of nitrogens with one attached hydrogen (secondary N) is 1. The fourth-order valence-electron chi connectivity index (χ4n) is 3.76. The van der Waals surface area contributed by atoms with E-state index < -0.39 is 0 Å². The van der Waals surface area contributed by atoms with Crippen LogP contribution in [0.2, 0.25) is 0 Å². The van der Waals surface area contributed by atoms with E-state index in [0.717, 1.165) is 23.9 Å². The van der Waals surface area contributed by atoms with Crippen molar-refractivity contribution in [2.75, 3.05) is 11.9 Å². The highest BCUT2D eigenvalue weighted by Gasteiger charge is 2.30. The summed E-state index contributed by atoms with van der Waals surface area (Å²) in [4.78, 5) is 2.32. The second-order valence-electron chi connectivity index (χ2n) is 7.38. The molecule has 1 atom stereocenters. The number of hydrogen-bond acceptors (Lipinski definition) is 1. The van der Waals surface area contributed by atoms with Gasteiger partial charge in [0.1, 0.15) is 0 Å². The monoisotopic (exact) mass is 375 g/mol. The van der Waals surface area contributed by atoms with Crippen molar-refractivity contribution in [2.45, 2.75) is 33.4 Å². The van der Waals surface area contributed by atoms with Gasteiger partial charge in [0, 0.05) is 30.7 Å². The summed E-state index contributed by atoms with van der Waals surface area (Å²) in [6.45, 7) is 8.17. The highest BCUT2D eigenvalue weighted by Crippen LogP contribution is 2.33. The zero-order chi connectivity index (χ0) is 19.0. The van der Waals surface area contributed by atoms with Crippen LogP contribution in [0.25, 0.3) is 0 Å². The van der Waals surface area contributed by atoms with E-state index in [1.165, 1.54) is 27.9 Å². The molecule has 0 radical (unpaired) electrons. The minimum atomic E-state index is 0.125. The molecule has 1 aliphatic heterocycles. The lowest BCUT2D eigenvalue weighted by Crippen LogP contribution is -2.44. The van der Waals surface area contributed by atoms with Crippen LogP contribution in [0.5, 0.6) is 0 Å². The van der Waals surface area contributed by atoms with E-state index in [1.54, 1.807) is 0 Å². The number of thiocarbonyl (C=S) groups is 1. The molecule has 1 aliphatic rings. The maximum atomic E-state index is 5.87. The molecule has 3 nitrogen and oxygen atoms in total. The van der Waals surface area contributed by atoms with Crippen LogP contribution in [-0.2, 0) is 6.54 Å². The number of benzene rings is 2. The average molecular weight is 376 g/mol.